The number of nitrogens with zero attached hydrogens (tertiary/aromatic N) is 4. The lowest BCUT2D eigenvalue weighted by Gasteiger charge is -2.32. The average molecular weight is 2100 g/mol. The smallest absolute Gasteiger partial charge is 0.399 e. The number of rotatable bonds is 28. The van der Waals surface area contributed by atoms with Gasteiger partial charge in [-0.25, -0.2) is 0 Å². The molecule has 1 saturated heterocycles. The summed E-state index contributed by atoms with van der Waals surface area (Å²) in [6.07, 6.45) is 25.3. The predicted octanol–water partition coefficient (Wildman–Crippen LogP) is 38.9. The van der Waals surface area contributed by atoms with Crippen LogP contribution in [0.5, 0.6) is 0 Å². The van der Waals surface area contributed by atoms with Crippen molar-refractivity contribution in [1.82, 2.24) is 17.5 Å². The second-order valence-electron chi connectivity index (χ2n) is 34.0. The number of allylic oxidation sites excluding steroid dienone is 2. The van der Waals surface area contributed by atoms with Crippen molar-refractivity contribution in [2.75, 3.05) is 0 Å². The van der Waals surface area contributed by atoms with E-state index in [1.54, 1.807) is 55.7 Å². The fourth-order valence-electron chi connectivity index (χ4n) is 17.9. The second-order valence-corrected chi connectivity index (χ2v) is 47.4. The van der Waals surface area contributed by atoms with Crippen molar-refractivity contribution in [3.63, 3.8) is 0 Å². The monoisotopic (exact) mass is 2090 g/mol. The molecular formula is C107H119BBr2N4O3S13. The number of aryl methyl sites for hydroxylation is 8. The summed E-state index contributed by atoms with van der Waals surface area (Å²) in [5.74, 6) is 0.275. The number of carbonyl (C=O) groups is 1. The van der Waals surface area contributed by atoms with Gasteiger partial charge in [0.15, 0.2) is 5.78 Å². The van der Waals surface area contributed by atoms with Crippen molar-refractivity contribution in [2.45, 2.75) is 264 Å². The highest BCUT2D eigenvalue weighted by Crippen LogP contribution is 2.51. The van der Waals surface area contributed by atoms with E-state index in [4.69, 9.17) is 18.1 Å². The molecule has 0 aliphatic carbocycles. The quantitative estimate of drug-likeness (QED) is 0.0357. The first-order chi connectivity index (χ1) is 62.8. The molecule has 0 bridgehead atoms. The summed E-state index contributed by atoms with van der Waals surface area (Å²) in [4.78, 5) is 17.5. The number of benzene rings is 6. The Balaban J connectivity index is 0.000000137. The minimum atomic E-state index is -0.300. The van der Waals surface area contributed by atoms with Crippen molar-refractivity contribution in [3.05, 3.63) is 220 Å². The number of fused-ring (bicyclic) bond motifs is 14. The standard InChI is InChI=1S/C38H36N2S5.C22H29BO2S2.C16H18S2.C16H20S2.C8H10OS.C6H2Br2N2S.CH4/c1-5-9-21-23(11-7-3)37-29(25-15-17-41-35(21)25)19-31(43-37)27-13-14-28(34-33(27)39-45-40-34)32-20-30-26-16-18-42-36(26)22(10-6-2)24(12-8-4)38(30)44-32;1-7-9-14-15(10-8-2)20-17(16-11-12-26-19(14)16)13-18(27-20)23-24-21(3,4)22(5,6)25-23;1-3-5-11-12(6-4-2)16-14(8-10-18-16)13-7-9-17-15(11)13;1-3-7-13(15-9-5-11-17-15)14(8-4-2)16-10-6-12-18-16;1-2-4-7(9)8-5-3-6-10-8;7-3-1-2-4(8)6-5(3)9-11-10-6;/h13-20H,5-12H2,1-4H3;11-13H,7-10H2,1-6H3;7-10H,3-6H2,1-2H3;5-6,9-12H,3-4,7-8H2,1-2H3;3,5-6H,2,4H2,1H3;1-2H;1H4/b;;;14-13+;;;. The molecule has 23 heteroatoms. The molecule has 1 fully saturated rings. The Bertz CT molecular complexity index is 6690. The van der Waals surface area contributed by atoms with Crippen LogP contribution < -0.4 is 4.78 Å². The summed E-state index contributed by atoms with van der Waals surface area (Å²) in [7, 11) is -0.273. The van der Waals surface area contributed by atoms with Crippen molar-refractivity contribution in [3.8, 4) is 20.9 Å². The Labute approximate surface area is 839 Å². The molecule has 14 heterocycles. The van der Waals surface area contributed by atoms with E-state index < -0.39 is 0 Å². The fourth-order valence-corrected chi connectivity index (χ4v) is 31.3. The normalized spacial score (nSPS) is 13.2. The molecule has 0 spiro atoms. The molecule has 0 unspecified atom stereocenters. The Kier molecular flexibility index (Phi) is 35.6. The molecule has 680 valence electrons. The zero-order valence-corrected chi connectivity index (χ0v) is 90.5. The molecule has 130 heavy (non-hydrogen) atoms. The van der Waals surface area contributed by atoms with E-state index in [1.165, 1.54) is 228 Å². The van der Waals surface area contributed by atoms with Gasteiger partial charge in [-0.05, 0) is 308 Å². The van der Waals surface area contributed by atoms with Crippen LogP contribution in [-0.4, -0.2) is 41.6 Å². The molecule has 0 atom stereocenters. The third kappa shape index (κ3) is 21.1. The van der Waals surface area contributed by atoms with Gasteiger partial charge in [-0.15, -0.1) is 125 Å². The minimum absolute atomic E-state index is 0. The van der Waals surface area contributed by atoms with Crippen LogP contribution in [0.3, 0.4) is 0 Å². The van der Waals surface area contributed by atoms with E-state index in [9.17, 15) is 4.79 Å². The first kappa shape index (κ1) is 100. The summed E-state index contributed by atoms with van der Waals surface area (Å²) in [5, 5.41) is 29.0. The lowest BCUT2D eigenvalue weighted by molar-refractivity contribution is 0.00578. The van der Waals surface area contributed by atoms with E-state index in [2.05, 4.69) is 260 Å². The van der Waals surface area contributed by atoms with Gasteiger partial charge < -0.3 is 9.31 Å². The van der Waals surface area contributed by atoms with Gasteiger partial charge >= 0.3 is 7.12 Å². The maximum absolute atomic E-state index is 11.1. The first-order valence-corrected chi connectivity index (χ1v) is 58.6. The average Bonchev–Trinajstić information content (AvgIpc) is 1.59. The highest BCUT2D eigenvalue weighted by atomic mass is 79.9. The summed E-state index contributed by atoms with van der Waals surface area (Å²) in [6, 6.07) is 39.9. The molecule has 7 nitrogen and oxygen atoms in total. The molecule has 0 radical (unpaired) electrons. The summed E-state index contributed by atoms with van der Waals surface area (Å²) in [6.45, 7) is 33.4. The van der Waals surface area contributed by atoms with Gasteiger partial charge in [-0.3, -0.25) is 4.79 Å². The molecular weight excluding hydrogens is 1980 g/mol. The number of hydrogen-bond donors (Lipinski definition) is 0. The predicted molar refractivity (Wildman–Crippen MR) is 600 cm³/mol. The molecule has 1 aliphatic heterocycles. The fraction of sp³-hybridized carbons (Fsp3) is 0.374. The van der Waals surface area contributed by atoms with E-state index in [0.29, 0.717) is 6.42 Å². The zero-order chi connectivity index (χ0) is 90.6. The van der Waals surface area contributed by atoms with E-state index in [0.717, 1.165) is 93.7 Å². The highest BCUT2D eigenvalue weighted by molar-refractivity contribution is 9.11. The molecule has 0 saturated carbocycles. The third-order valence-electron chi connectivity index (χ3n) is 24.4. The van der Waals surface area contributed by atoms with Gasteiger partial charge in [0.05, 0.1) is 39.5 Å². The van der Waals surface area contributed by atoms with Gasteiger partial charge in [-0.1, -0.05) is 178 Å². The zero-order valence-electron chi connectivity index (χ0n) is 76.7. The summed E-state index contributed by atoms with van der Waals surface area (Å²) in [5.41, 5.74) is 21.5. The van der Waals surface area contributed by atoms with Gasteiger partial charge in [0.2, 0.25) is 0 Å². The first-order valence-electron chi connectivity index (χ1n) is 46.1. The topological polar surface area (TPSA) is 87.1 Å². The Hall–Kier alpha value is -5.91. The number of halogens is 2. The highest BCUT2D eigenvalue weighted by Gasteiger charge is 2.52. The van der Waals surface area contributed by atoms with Crippen LogP contribution in [0.15, 0.2) is 161 Å². The van der Waals surface area contributed by atoms with E-state index in [1.807, 2.05) is 150 Å². The molecule has 1 aliphatic rings. The molecule has 19 aromatic rings. The number of hydrogen-bond acceptors (Lipinski definition) is 20. The summed E-state index contributed by atoms with van der Waals surface area (Å²) >= 11 is 30.0. The van der Waals surface area contributed by atoms with Crippen molar-refractivity contribution < 1.29 is 14.1 Å². The molecule has 0 N–H and O–H groups in total. The SMILES string of the molecule is Brc1ccc(Br)c2nsnc12.C.CCC/C(=C(/CCC)c1cccs1)c1cccs1.CCCC(=O)c1cccs1.CCCc1c(CCC)c2sc(-c3ccc(-c4cc5c(s4)c(CCC)c(CCC)c4sccc45)c4nsnc34)cc2c2ccsc12.CCCc1c(CCC)c2sc(B3OC(C)(C)C(C)(C)O3)cc2c2ccsc12.CCCc1c(CCC)c2sccc2c2ccsc12. The lowest BCUT2D eigenvalue weighted by atomic mass is 9.87. The largest absolute Gasteiger partial charge is 0.505 e. The van der Waals surface area contributed by atoms with E-state index >= 15 is 0 Å². The van der Waals surface area contributed by atoms with Crippen LogP contribution >= 0.6 is 180 Å². The lowest BCUT2D eigenvalue weighted by Crippen LogP contribution is -2.41. The van der Waals surface area contributed by atoms with Crippen LogP contribution in [0.1, 0.15) is 265 Å². The number of aromatic nitrogens is 4. The van der Waals surface area contributed by atoms with Gasteiger partial charge in [0.25, 0.3) is 0 Å². The maximum atomic E-state index is 11.1. The second kappa shape index (κ2) is 46.3. The van der Waals surface area contributed by atoms with Crippen LogP contribution in [0.2, 0.25) is 0 Å². The molecule has 0 amide bonds. The Morgan fingerprint density at radius 2 is 0.615 bits per heavy atom. The van der Waals surface area contributed by atoms with E-state index in [-0.39, 0.29) is 31.5 Å². The molecule has 13 aromatic heterocycles. The summed E-state index contributed by atoms with van der Waals surface area (Å²) < 4.78 is 45.9. The van der Waals surface area contributed by atoms with Gasteiger partial charge in [0, 0.05) is 131 Å². The van der Waals surface area contributed by atoms with Crippen molar-refractivity contribution in [1.29, 1.82) is 0 Å². The molecule has 6 aromatic carbocycles. The van der Waals surface area contributed by atoms with Crippen LogP contribution in [0.25, 0.3) is 135 Å². The van der Waals surface area contributed by atoms with Crippen molar-refractivity contribution in [2.24, 2.45) is 0 Å². The van der Waals surface area contributed by atoms with Crippen LogP contribution in [-0.2, 0) is 60.7 Å². The maximum Gasteiger partial charge on any atom is 0.505 e. The van der Waals surface area contributed by atoms with Gasteiger partial charge in [-0.2, -0.15) is 17.5 Å². The van der Waals surface area contributed by atoms with Crippen LogP contribution in [0.4, 0.5) is 0 Å². The Morgan fingerprint density at radius 3 is 0.923 bits per heavy atom. The third-order valence-corrected chi connectivity index (χ3v) is 38.0. The van der Waals surface area contributed by atoms with Gasteiger partial charge in [0.1, 0.15) is 22.1 Å². The number of thiophene rings is 11. The number of Topliss-reactive ketones (excluding diaryl/α,β-unsaturated/α-hetero) is 1. The minimum Gasteiger partial charge on any atom is -0.399 e. The van der Waals surface area contributed by atoms with Crippen molar-refractivity contribution >= 4 is 312 Å². The number of carbonyl (C=O) groups excluding carboxylic acids is 1. The molecule has 20 rings (SSSR count). The number of ketones is 1. The Morgan fingerprint density at radius 1 is 0.323 bits per heavy atom. The van der Waals surface area contributed by atoms with Crippen LogP contribution in [0, 0.1) is 0 Å².